The summed E-state index contributed by atoms with van der Waals surface area (Å²) in [6.45, 7) is 0. The Labute approximate surface area is 108 Å². The van der Waals surface area contributed by atoms with Crippen LogP contribution in [0.2, 0.25) is 0 Å². The molecule has 1 aromatic rings. The molecule has 102 valence electrons. The topological polar surface area (TPSA) is 72.2 Å². The fourth-order valence-electron chi connectivity index (χ4n) is 2.55. The predicted molar refractivity (Wildman–Crippen MR) is 68.7 cm³/mol. The summed E-state index contributed by atoms with van der Waals surface area (Å²) in [5.74, 6) is 0.278. The van der Waals surface area contributed by atoms with Gasteiger partial charge in [0.25, 0.3) is 0 Å². The van der Waals surface area contributed by atoms with Crippen molar-refractivity contribution < 1.29 is 13.5 Å². The molecule has 1 aromatic heterocycles. The molecule has 1 fully saturated rings. The Balaban J connectivity index is 2.05. The Morgan fingerprint density at radius 3 is 2.61 bits per heavy atom. The molecule has 0 atom stereocenters. The number of sulfone groups is 1. The van der Waals surface area contributed by atoms with E-state index in [0.29, 0.717) is 18.7 Å². The zero-order valence-corrected chi connectivity index (χ0v) is 11.5. The largest absolute Gasteiger partial charge is 0.389 e. The van der Waals surface area contributed by atoms with Crippen LogP contribution in [0.1, 0.15) is 37.9 Å². The second-order valence-electron chi connectivity index (χ2n) is 5.27. The summed E-state index contributed by atoms with van der Waals surface area (Å²) in [5.41, 5.74) is -1.03. The van der Waals surface area contributed by atoms with Crippen LogP contribution in [0.25, 0.3) is 0 Å². The third-order valence-corrected chi connectivity index (χ3v) is 5.22. The molecule has 0 bridgehead atoms. The number of aromatic nitrogens is 2. The number of hydrogen-bond donors (Lipinski definition) is 1. The van der Waals surface area contributed by atoms with Gasteiger partial charge in [-0.25, -0.2) is 13.4 Å². The minimum absolute atomic E-state index is 0.0984. The maximum absolute atomic E-state index is 12.1. The van der Waals surface area contributed by atoms with Crippen LogP contribution in [0, 0.1) is 0 Å². The maximum atomic E-state index is 12.1. The van der Waals surface area contributed by atoms with E-state index in [-0.39, 0.29) is 11.5 Å². The van der Waals surface area contributed by atoms with Crippen LogP contribution in [-0.4, -0.2) is 34.4 Å². The van der Waals surface area contributed by atoms with Crippen LogP contribution in [0.15, 0.2) is 12.4 Å². The molecule has 1 saturated carbocycles. The molecule has 0 amide bonds. The van der Waals surface area contributed by atoms with Gasteiger partial charge in [-0.3, -0.25) is 0 Å². The fraction of sp³-hybridized carbons (Fsp3) is 0.750. The summed E-state index contributed by atoms with van der Waals surface area (Å²) in [6.07, 6.45) is 7.39. The van der Waals surface area contributed by atoms with Crippen LogP contribution >= 0.6 is 0 Å². The first-order valence-electron chi connectivity index (χ1n) is 6.29. The van der Waals surface area contributed by atoms with E-state index in [4.69, 9.17) is 0 Å². The van der Waals surface area contributed by atoms with E-state index in [1.54, 1.807) is 24.0 Å². The molecule has 6 heteroatoms. The van der Waals surface area contributed by atoms with Gasteiger partial charge in [0.1, 0.15) is 11.6 Å². The number of rotatable bonds is 4. The predicted octanol–water partition coefficient (Wildman–Crippen LogP) is 1.03. The summed E-state index contributed by atoms with van der Waals surface area (Å²) < 4.78 is 25.9. The number of aliphatic hydroxyl groups is 1. The van der Waals surface area contributed by atoms with Crippen molar-refractivity contribution in [3.8, 4) is 0 Å². The highest BCUT2D eigenvalue weighted by atomic mass is 32.2. The molecule has 2 rings (SSSR count). The van der Waals surface area contributed by atoms with Crippen molar-refractivity contribution in [2.45, 2.75) is 43.5 Å². The standard InChI is InChI=1S/C12H20N2O3S/c1-14-8-7-13-11(14)9-18(16,17)10-12(15)5-3-2-4-6-12/h7-8,15H,2-6,9-10H2,1H3. The monoisotopic (exact) mass is 272 g/mol. The van der Waals surface area contributed by atoms with E-state index in [1.165, 1.54) is 0 Å². The normalized spacial score (nSPS) is 19.9. The van der Waals surface area contributed by atoms with E-state index in [2.05, 4.69) is 4.98 Å². The average Bonchev–Trinajstić information content (AvgIpc) is 2.63. The van der Waals surface area contributed by atoms with Gasteiger partial charge >= 0.3 is 0 Å². The molecule has 0 unspecified atom stereocenters. The molecule has 1 aliphatic carbocycles. The quantitative estimate of drug-likeness (QED) is 0.888. The molecule has 18 heavy (non-hydrogen) atoms. The van der Waals surface area contributed by atoms with Gasteiger partial charge < -0.3 is 9.67 Å². The summed E-state index contributed by atoms with van der Waals surface area (Å²) in [4.78, 5) is 4.02. The number of nitrogens with zero attached hydrogens (tertiary/aromatic N) is 2. The van der Waals surface area contributed by atoms with Gasteiger partial charge in [-0.05, 0) is 12.8 Å². The Morgan fingerprint density at radius 1 is 1.39 bits per heavy atom. The van der Waals surface area contributed by atoms with Crippen molar-refractivity contribution in [2.75, 3.05) is 5.75 Å². The third kappa shape index (κ3) is 3.32. The number of imidazole rings is 1. The minimum atomic E-state index is -3.32. The van der Waals surface area contributed by atoms with Gasteiger partial charge in [-0.1, -0.05) is 19.3 Å². The zero-order chi connectivity index (χ0) is 13.2. The van der Waals surface area contributed by atoms with Crippen molar-refractivity contribution in [3.05, 3.63) is 18.2 Å². The number of hydrogen-bond acceptors (Lipinski definition) is 4. The van der Waals surface area contributed by atoms with Crippen LogP contribution in [0.3, 0.4) is 0 Å². The lowest BCUT2D eigenvalue weighted by molar-refractivity contribution is 0.0257. The highest BCUT2D eigenvalue weighted by Crippen LogP contribution is 2.29. The first-order valence-corrected chi connectivity index (χ1v) is 8.11. The molecule has 0 aromatic carbocycles. The highest BCUT2D eigenvalue weighted by molar-refractivity contribution is 7.90. The van der Waals surface area contributed by atoms with Gasteiger partial charge in [0.15, 0.2) is 9.84 Å². The SMILES string of the molecule is Cn1ccnc1CS(=O)(=O)CC1(O)CCCCC1. The molecule has 1 heterocycles. The second-order valence-corrected chi connectivity index (χ2v) is 7.34. The van der Waals surface area contributed by atoms with E-state index in [9.17, 15) is 13.5 Å². The summed E-state index contributed by atoms with van der Waals surface area (Å²) in [5, 5.41) is 10.3. The van der Waals surface area contributed by atoms with Gasteiger partial charge in [-0.2, -0.15) is 0 Å². The first-order chi connectivity index (χ1) is 8.40. The second kappa shape index (κ2) is 5.01. The van der Waals surface area contributed by atoms with Crippen molar-refractivity contribution in [2.24, 2.45) is 7.05 Å². The molecule has 0 spiro atoms. The first kappa shape index (κ1) is 13.5. The lowest BCUT2D eigenvalue weighted by atomic mass is 9.86. The Hall–Kier alpha value is -0.880. The molecule has 1 N–H and O–H groups in total. The van der Waals surface area contributed by atoms with E-state index < -0.39 is 15.4 Å². The van der Waals surface area contributed by atoms with E-state index >= 15 is 0 Å². The van der Waals surface area contributed by atoms with Crippen molar-refractivity contribution in [3.63, 3.8) is 0 Å². The Morgan fingerprint density at radius 2 is 2.06 bits per heavy atom. The van der Waals surface area contributed by atoms with Gasteiger partial charge in [0.2, 0.25) is 0 Å². The molecule has 5 nitrogen and oxygen atoms in total. The molecule has 0 radical (unpaired) electrons. The molecule has 0 saturated heterocycles. The van der Waals surface area contributed by atoms with Crippen LogP contribution in [0.5, 0.6) is 0 Å². The fourth-order valence-corrected chi connectivity index (χ4v) is 4.43. The molecule has 1 aliphatic rings. The van der Waals surface area contributed by atoms with Gasteiger partial charge in [-0.15, -0.1) is 0 Å². The van der Waals surface area contributed by atoms with Crippen molar-refractivity contribution >= 4 is 9.84 Å². The van der Waals surface area contributed by atoms with Crippen LogP contribution < -0.4 is 0 Å². The average molecular weight is 272 g/mol. The van der Waals surface area contributed by atoms with Crippen LogP contribution in [-0.2, 0) is 22.6 Å². The smallest absolute Gasteiger partial charge is 0.160 e. The molecular weight excluding hydrogens is 252 g/mol. The molecule has 0 aliphatic heterocycles. The highest BCUT2D eigenvalue weighted by Gasteiger charge is 2.34. The maximum Gasteiger partial charge on any atom is 0.160 e. The lowest BCUT2D eigenvalue weighted by Gasteiger charge is -2.31. The van der Waals surface area contributed by atoms with Gasteiger partial charge in [0, 0.05) is 19.4 Å². The Kier molecular flexibility index (Phi) is 3.77. The van der Waals surface area contributed by atoms with E-state index in [1.807, 2.05) is 0 Å². The van der Waals surface area contributed by atoms with Crippen LogP contribution in [0.4, 0.5) is 0 Å². The number of aryl methyl sites for hydroxylation is 1. The van der Waals surface area contributed by atoms with E-state index in [0.717, 1.165) is 19.3 Å². The third-order valence-electron chi connectivity index (χ3n) is 3.54. The zero-order valence-electron chi connectivity index (χ0n) is 10.7. The minimum Gasteiger partial charge on any atom is -0.389 e. The van der Waals surface area contributed by atoms with Crippen molar-refractivity contribution in [1.82, 2.24) is 9.55 Å². The lowest BCUT2D eigenvalue weighted by Crippen LogP contribution is -2.39. The molecular formula is C12H20N2O3S. The van der Waals surface area contributed by atoms with Gasteiger partial charge in [0.05, 0.1) is 11.4 Å². The van der Waals surface area contributed by atoms with Crippen molar-refractivity contribution in [1.29, 1.82) is 0 Å². The Bertz CT molecular complexity index is 501. The summed E-state index contributed by atoms with van der Waals surface area (Å²) in [7, 11) is -1.55. The summed E-state index contributed by atoms with van der Waals surface area (Å²) in [6, 6.07) is 0. The summed E-state index contributed by atoms with van der Waals surface area (Å²) >= 11 is 0.